The van der Waals surface area contributed by atoms with Crippen molar-refractivity contribution in [1.82, 2.24) is 0 Å². The SMILES string of the molecule is CC(=O)O[C@@H]1SC[C@@]2(C)OC(C)(C)O[C@@H]12. The number of hydrogen-bond acceptors (Lipinski definition) is 5. The van der Waals surface area contributed by atoms with E-state index in [0.717, 1.165) is 5.75 Å². The molecule has 0 aromatic rings. The summed E-state index contributed by atoms with van der Waals surface area (Å²) in [6.07, 6.45) is -0.165. The van der Waals surface area contributed by atoms with E-state index >= 15 is 0 Å². The number of hydrogen-bond donors (Lipinski definition) is 0. The number of carbonyl (C=O) groups is 1. The summed E-state index contributed by atoms with van der Waals surface area (Å²) in [5, 5.41) is 0. The normalized spacial score (nSPS) is 42.7. The number of thioether (sulfide) groups is 1. The molecule has 2 saturated heterocycles. The highest BCUT2D eigenvalue weighted by Crippen LogP contribution is 2.48. The predicted octanol–water partition coefficient (Wildman–Crippen LogP) is 1.53. The van der Waals surface area contributed by atoms with Gasteiger partial charge >= 0.3 is 5.97 Å². The van der Waals surface area contributed by atoms with Crippen molar-refractivity contribution in [3.8, 4) is 0 Å². The van der Waals surface area contributed by atoms with Crippen LogP contribution in [0.3, 0.4) is 0 Å². The molecule has 0 saturated carbocycles. The average Bonchev–Trinajstić information content (AvgIpc) is 2.42. The van der Waals surface area contributed by atoms with Crippen LogP contribution in [0.15, 0.2) is 0 Å². The Balaban J connectivity index is 2.12. The molecule has 2 aliphatic heterocycles. The van der Waals surface area contributed by atoms with Gasteiger partial charge in [0.05, 0.1) is 0 Å². The lowest BCUT2D eigenvalue weighted by Crippen LogP contribution is -2.39. The third-order valence-corrected chi connectivity index (χ3v) is 3.97. The number of ether oxygens (including phenoxy) is 3. The number of rotatable bonds is 1. The van der Waals surface area contributed by atoms with E-state index in [-0.39, 0.29) is 23.1 Å². The van der Waals surface area contributed by atoms with E-state index in [0.29, 0.717) is 0 Å². The molecule has 2 aliphatic rings. The Hall–Kier alpha value is -0.260. The summed E-state index contributed by atoms with van der Waals surface area (Å²) in [6, 6.07) is 0. The molecule has 15 heavy (non-hydrogen) atoms. The molecule has 3 atom stereocenters. The van der Waals surface area contributed by atoms with Gasteiger partial charge in [-0.2, -0.15) is 0 Å². The largest absolute Gasteiger partial charge is 0.449 e. The molecule has 0 aromatic heterocycles. The fourth-order valence-corrected chi connectivity index (χ4v) is 3.56. The molecule has 0 aromatic carbocycles. The van der Waals surface area contributed by atoms with E-state index in [9.17, 15) is 4.79 Å². The Kier molecular flexibility index (Phi) is 2.52. The highest BCUT2D eigenvalue weighted by molar-refractivity contribution is 8.00. The van der Waals surface area contributed by atoms with Crippen molar-refractivity contribution in [2.45, 2.75) is 50.6 Å². The van der Waals surface area contributed by atoms with Gasteiger partial charge in [0.15, 0.2) is 11.2 Å². The monoisotopic (exact) mass is 232 g/mol. The Bertz CT molecular complexity index is 291. The van der Waals surface area contributed by atoms with Crippen molar-refractivity contribution in [2.24, 2.45) is 0 Å². The first-order valence-corrected chi connectivity index (χ1v) is 6.04. The lowest BCUT2D eigenvalue weighted by Gasteiger charge is -2.22. The Morgan fingerprint density at radius 3 is 2.73 bits per heavy atom. The second-order valence-electron chi connectivity index (χ2n) is 4.64. The smallest absolute Gasteiger partial charge is 0.303 e. The van der Waals surface area contributed by atoms with E-state index < -0.39 is 5.79 Å². The molecule has 0 aliphatic carbocycles. The zero-order valence-corrected chi connectivity index (χ0v) is 10.2. The third-order valence-electron chi connectivity index (χ3n) is 2.56. The zero-order valence-electron chi connectivity index (χ0n) is 9.40. The predicted molar refractivity (Wildman–Crippen MR) is 56.5 cm³/mol. The highest BCUT2D eigenvalue weighted by Gasteiger charge is 2.58. The first-order chi connectivity index (χ1) is 6.82. The van der Waals surface area contributed by atoms with Crippen LogP contribution in [-0.2, 0) is 19.0 Å². The van der Waals surface area contributed by atoms with Gasteiger partial charge in [-0.1, -0.05) is 0 Å². The van der Waals surface area contributed by atoms with Gasteiger partial charge in [0.2, 0.25) is 0 Å². The first kappa shape index (κ1) is 11.2. The van der Waals surface area contributed by atoms with Gasteiger partial charge in [0.1, 0.15) is 11.7 Å². The van der Waals surface area contributed by atoms with E-state index in [1.165, 1.54) is 6.92 Å². The molecule has 0 bridgehead atoms. The van der Waals surface area contributed by atoms with Crippen LogP contribution in [0, 0.1) is 0 Å². The minimum Gasteiger partial charge on any atom is -0.449 e. The molecule has 0 radical (unpaired) electrons. The Morgan fingerprint density at radius 2 is 2.13 bits per heavy atom. The van der Waals surface area contributed by atoms with Gasteiger partial charge in [0.25, 0.3) is 0 Å². The van der Waals surface area contributed by atoms with Crippen LogP contribution in [0.1, 0.15) is 27.7 Å². The fourth-order valence-electron chi connectivity index (χ4n) is 2.12. The lowest BCUT2D eigenvalue weighted by atomic mass is 10.0. The molecular formula is C10H16O4S. The van der Waals surface area contributed by atoms with Crippen molar-refractivity contribution < 1.29 is 19.0 Å². The topological polar surface area (TPSA) is 44.8 Å². The summed E-state index contributed by atoms with van der Waals surface area (Å²) in [5.41, 5.74) is -0.580. The molecule has 2 heterocycles. The quantitative estimate of drug-likeness (QED) is 0.642. The summed E-state index contributed by atoms with van der Waals surface area (Å²) in [7, 11) is 0. The average molecular weight is 232 g/mol. The van der Waals surface area contributed by atoms with Crippen LogP contribution in [0.25, 0.3) is 0 Å². The molecule has 0 spiro atoms. The van der Waals surface area contributed by atoms with Crippen LogP contribution in [0.4, 0.5) is 0 Å². The van der Waals surface area contributed by atoms with E-state index in [2.05, 4.69) is 0 Å². The fraction of sp³-hybridized carbons (Fsp3) is 0.900. The van der Waals surface area contributed by atoms with E-state index in [1.807, 2.05) is 20.8 Å². The summed E-state index contributed by atoms with van der Waals surface area (Å²) in [6.45, 7) is 7.18. The molecular weight excluding hydrogens is 216 g/mol. The Morgan fingerprint density at radius 1 is 1.47 bits per heavy atom. The summed E-state index contributed by atoms with van der Waals surface area (Å²) < 4.78 is 16.8. The van der Waals surface area contributed by atoms with Crippen LogP contribution in [0.5, 0.6) is 0 Å². The van der Waals surface area contributed by atoms with Gasteiger partial charge in [-0.3, -0.25) is 4.79 Å². The van der Waals surface area contributed by atoms with Gasteiger partial charge in [0, 0.05) is 12.7 Å². The molecule has 0 amide bonds. The standard InChI is InChI=1S/C10H16O4S/c1-6(11)12-8-7-10(4,5-15-8)14-9(2,3)13-7/h7-8H,5H2,1-4H3/t7-,8+,10+/m0/s1. The second-order valence-corrected chi connectivity index (χ2v) is 5.73. The zero-order chi connectivity index (χ0) is 11.3. The van der Waals surface area contributed by atoms with Crippen LogP contribution < -0.4 is 0 Å². The van der Waals surface area contributed by atoms with Crippen molar-refractivity contribution in [3.63, 3.8) is 0 Å². The van der Waals surface area contributed by atoms with Gasteiger partial charge in [-0.25, -0.2) is 0 Å². The first-order valence-electron chi connectivity index (χ1n) is 4.99. The maximum Gasteiger partial charge on any atom is 0.303 e. The van der Waals surface area contributed by atoms with Gasteiger partial charge < -0.3 is 14.2 Å². The molecule has 4 nitrogen and oxygen atoms in total. The van der Waals surface area contributed by atoms with Crippen molar-refractivity contribution in [3.05, 3.63) is 0 Å². The van der Waals surface area contributed by atoms with Gasteiger partial charge in [-0.05, 0) is 20.8 Å². The molecule has 2 rings (SSSR count). The van der Waals surface area contributed by atoms with Crippen LogP contribution in [-0.4, -0.2) is 34.7 Å². The summed E-state index contributed by atoms with van der Waals surface area (Å²) in [4.78, 5) is 10.9. The molecule has 86 valence electrons. The molecule has 2 fully saturated rings. The highest BCUT2D eigenvalue weighted by atomic mass is 32.2. The summed E-state index contributed by atoms with van der Waals surface area (Å²) >= 11 is 1.57. The van der Waals surface area contributed by atoms with E-state index in [4.69, 9.17) is 14.2 Å². The summed E-state index contributed by atoms with van der Waals surface area (Å²) in [5.74, 6) is -0.0669. The second kappa shape index (κ2) is 3.37. The number of fused-ring (bicyclic) bond motifs is 1. The van der Waals surface area contributed by atoms with Crippen molar-refractivity contribution in [1.29, 1.82) is 0 Å². The molecule has 0 N–H and O–H groups in total. The lowest BCUT2D eigenvalue weighted by molar-refractivity contribution is -0.166. The van der Waals surface area contributed by atoms with Crippen LogP contribution in [0.2, 0.25) is 0 Å². The minimum atomic E-state index is -0.585. The van der Waals surface area contributed by atoms with Gasteiger partial charge in [-0.15, -0.1) is 11.8 Å². The maximum atomic E-state index is 10.9. The van der Waals surface area contributed by atoms with E-state index in [1.54, 1.807) is 11.8 Å². The van der Waals surface area contributed by atoms with Crippen LogP contribution >= 0.6 is 11.8 Å². The Labute approximate surface area is 93.6 Å². The number of esters is 1. The minimum absolute atomic E-state index is 0.165. The maximum absolute atomic E-state index is 10.9. The van der Waals surface area contributed by atoms with Crippen molar-refractivity contribution in [2.75, 3.05) is 5.75 Å². The van der Waals surface area contributed by atoms with Crippen molar-refractivity contribution >= 4 is 17.7 Å². The molecule has 0 unspecified atom stereocenters. The molecule has 5 heteroatoms. The number of carbonyl (C=O) groups excluding carboxylic acids is 1. The third kappa shape index (κ3) is 2.00.